The summed E-state index contributed by atoms with van der Waals surface area (Å²) >= 11 is 0.955. The van der Waals surface area contributed by atoms with Crippen molar-refractivity contribution in [1.82, 2.24) is 4.72 Å². The van der Waals surface area contributed by atoms with Crippen molar-refractivity contribution < 1.29 is 21.6 Å². The Morgan fingerprint density at radius 2 is 1.44 bits per heavy atom. The van der Waals surface area contributed by atoms with Gasteiger partial charge in [-0.3, -0.25) is 0 Å². The highest BCUT2D eigenvalue weighted by molar-refractivity contribution is 7.99. The minimum absolute atomic E-state index is 0.187. The highest BCUT2D eigenvalue weighted by Gasteiger charge is 2.42. The molecular weight excluding hydrogens is 371 g/mol. The van der Waals surface area contributed by atoms with E-state index in [-0.39, 0.29) is 4.90 Å². The van der Waals surface area contributed by atoms with E-state index in [1.54, 1.807) is 35.9 Å². The molecule has 8 heteroatoms. The molecule has 0 heterocycles. The summed E-state index contributed by atoms with van der Waals surface area (Å²) in [5.41, 5.74) is 1.82. The van der Waals surface area contributed by atoms with Gasteiger partial charge in [-0.25, -0.2) is 8.42 Å². The summed E-state index contributed by atoms with van der Waals surface area (Å²) in [4.78, 5) is 0.460. The van der Waals surface area contributed by atoms with E-state index in [1.807, 2.05) is 6.92 Å². The van der Waals surface area contributed by atoms with Gasteiger partial charge in [0.15, 0.2) is 0 Å². The predicted octanol–water partition coefficient (Wildman–Crippen LogP) is 4.30. The van der Waals surface area contributed by atoms with Crippen LogP contribution in [-0.2, 0) is 10.0 Å². The first-order valence-corrected chi connectivity index (χ1v) is 9.90. The molecule has 0 radical (unpaired) electrons. The molecule has 0 bridgehead atoms. The number of benzene rings is 2. The number of aryl methyl sites for hydroxylation is 2. The minimum atomic E-state index is -4.69. The van der Waals surface area contributed by atoms with Crippen LogP contribution in [0.3, 0.4) is 0 Å². The van der Waals surface area contributed by atoms with Crippen LogP contribution >= 0.6 is 11.8 Å². The van der Waals surface area contributed by atoms with Crippen LogP contribution in [0.2, 0.25) is 0 Å². The monoisotopic (exact) mass is 389 g/mol. The molecule has 0 amide bonds. The number of halogens is 3. The fraction of sp³-hybridized carbons (Fsp3) is 0.294. The maximum absolute atomic E-state index is 13.3. The quantitative estimate of drug-likeness (QED) is 0.749. The molecule has 2 aromatic rings. The smallest absolute Gasteiger partial charge is 0.207 e. The SMILES string of the molecule is Cc1ccc(SCC(NS(=O)(=O)c2ccc(C)cc2)C(F)(F)F)cc1. The summed E-state index contributed by atoms with van der Waals surface area (Å²) in [6.45, 7) is 3.64. The Kier molecular flexibility index (Phi) is 6.18. The van der Waals surface area contributed by atoms with Gasteiger partial charge in [0.2, 0.25) is 10.0 Å². The fourth-order valence-corrected chi connectivity index (χ4v) is 4.27. The molecule has 0 aliphatic carbocycles. The second kappa shape index (κ2) is 7.80. The van der Waals surface area contributed by atoms with Crippen molar-refractivity contribution in [3.05, 3.63) is 59.7 Å². The van der Waals surface area contributed by atoms with Crippen LogP contribution in [-0.4, -0.2) is 26.4 Å². The maximum atomic E-state index is 13.3. The predicted molar refractivity (Wildman–Crippen MR) is 93.2 cm³/mol. The molecule has 3 nitrogen and oxygen atoms in total. The number of hydrogen-bond donors (Lipinski definition) is 1. The molecule has 0 aliphatic rings. The Morgan fingerprint density at radius 1 is 0.960 bits per heavy atom. The molecule has 0 spiro atoms. The maximum Gasteiger partial charge on any atom is 0.405 e. The molecule has 1 unspecified atom stereocenters. The fourth-order valence-electron chi connectivity index (χ4n) is 1.98. The lowest BCUT2D eigenvalue weighted by Crippen LogP contribution is -2.47. The van der Waals surface area contributed by atoms with Gasteiger partial charge in [0.25, 0.3) is 0 Å². The van der Waals surface area contributed by atoms with Gasteiger partial charge < -0.3 is 0 Å². The normalized spacial score (nSPS) is 13.6. The first-order chi connectivity index (χ1) is 11.6. The van der Waals surface area contributed by atoms with E-state index in [9.17, 15) is 21.6 Å². The van der Waals surface area contributed by atoms with E-state index in [0.717, 1.165) is 22.9 Å². The van der Waals surface area contributed by atoms with Gasteiger partial charge >= 0.3 is 6.18 Å². The van der Waals surface area contributed by atoms with Crippen molar-refractivity contribution in [3.63, 3.8) is 0 Å². The first kappa shape index (κ1) is 19.8. The van der Waals surface area contributed by atoms with Gasteiger partial charge in [0.1, 0.15) is 6.04 Å². The number of nitrogens with one attached hydrogen (secondary N) is 1. The van der Waals surface area contributed by atoms with Crippen molar-refractivity contribution in [2.24, 2.45) is 0 Å². The highest BCUT2D eigenvalue weighted by atomic mass is 32.2. The van der Waals surface area contributed by atoms with Crippen LogP contribution in [0.4, 0.5) is 13.2 Å². The van der Waals surface area contributed by atoms with Crippen molar-refractivity contribution in [2.45, 2.75) is 35.9 Å². The number of thioether (sulfide) groups is 1. The lowest BCUT2D eigenvalue weighted by Gasteiger charge is -2.21. The van der Waals surface area contributed by atoms with Gasteiger partial charge in [0.05, 0.1) is 4.90 Å². The zero-order chi connectivity index (χ0) is 18.7. The van der Waals surface area contributed by atoms with Gasteiger partial charge in [-0.2, -0.15) is 17.9 Å². The molecular formula is C17H18F3NO2S2. The molecule has 0 aromatic heterocycles. The largest absolute Gasteiger partial charge is 0.405 e. The second-order valence-corrected chi connectivity index (χ2v) is 8.46. The van der Waals surface area contributed by atoms with Crippen LogP contribution in [0.15, 0.2) is 58.3 Å². The average Bonchev–Trinajstić information content (AvgIpc) is 2.52. The molecule has 1 atom stereocenters. The summed E-state index contributed by atoms with van der Waals surface area (Å²) in [5, 5.41) is 0. The number of sulfonamides is 1. The molecule has 1 N–H and O–H groups in total. The van der Waals surface area contributed by atoms with E-state index in [0.29, 0.717) is 4.90 Å². The summed E-state index contributed by atoms with van der Waals surface area (Å²) in [6, 6.07) is 10.5. The van der Waals surface area contributed by atoms with E-state index in [4.69, 9.17) is 0 Å². The number of rotatable bonds is 6. The first-order valence-electron chi connectivity index (χ1n) is 7.43. The Labute approximate surface area is 149 Å². The Hall–Kier alpha value is -1.51. The standard InChI is InChI=1S/C17H18F3NO2S2/c1-12-3-7-14(8-4-12)24-11-16(17(18,19)20)21-25(22,23)15-9-5-13(2)6-10-15/h3-10,16,21H,11H2,1-2H3. The van der Waals surface area contributed by atoms with Gasteiger partial charge in [-0.05, 0) is 38.1 Å². The van der Waals surface area contributed by atoms with Gasteiger partial charge in [0, 0.05) is 10.6 Å². The molecule has 2 aromatic carbocycles. The Morgan fingerprint density at radius 3 is 1.92 bits per heavy atom. The van der Waals surface area contributed by atoms with Crippen molar-refractivity contribution in [3.8, 4) is 0 Å². The molecule has 0 saturated heterocycles. The lowest BCUT2D eigenvalue weighted by atomic mass is 10.2. The summed E-state index contributed by atoms with van der Waals surface area (Å²) in [7, 11) is -4.25. The summed E-state index contributed by atoms with van der Waals surface area (Å²) in [6.07, 6.45) is -4.69. The summed E-state index contributed by atoms with van der Waals surface area (Å²) < 4.78 is 66.0. The molecule has 0 fully saturated rings. The molecule has 0 saturated carbocycles. The highest BCUT2D eigenvalue weighted by Crippen LogP contribution is 2.28. The van der Waals surface area contributed by atoms with E-state index < -0.39 is 28.0 Å². The van der Waals surface area contributed by atoms with Crippen LogP contribution in [0, 0.1) is 13.8 Å². The minimum Gasteiger partial charge on any atom is -0.207 e. The number of alkyl halides is 3. The van der Waals surface area contributed by atoms with Crippen molar-refractivity contribution in [1.29, 1.82) is 0 Å². The zero-order valence-corrected chi connectivity index (χ0v) is 15.3. The molecule has 25 heavy (non-hydrogen) atoms. The van der Waals surface area contributed by atoms with E-state index >= 15 is 0 Å². The third-order valence-electron chi connectivity index (χ3n) is 3.46. The average molecular weight is 389 g/mol. The van der Waals surface area contributed by atoms with Crippen molar-refractivity contribution in [2.75, 3.05) is 5.75 Å². The van der Waals surface area contributed by atoms with Crippen LogP contribution in [0.5, 0.6) is 0 Å². The Bertz CT molecular complexity index is 801. The van der Waals surface area contributed by atoms with Crippen LogP contribution in [0.25, 0.3) is 0 Å². The third-order valence-corrected chi connectivity index (χ3v) is 6.05. The van der Waals surface area contributed by atoms with E-state index in [2.05, 4.69) is 0 Å². The molecule has 2 rings (SSSR count). The third kappa shape index (κ3) is 5.76. The zero-order valence-electron chi connectivity index (χ0n) is 13.7. The number of hydrogen-bond acceptors (Lipinski definition) is 3. The van der Waals surface area contributed by atoms with Crippen molar-refractivity contribution >= 4 is 21.8 Å². The van der Waals surface area contributed by atoms with Gasteiger partial charge in [-0.15, -0.1) is 11.8 Å². The Balaban J connectivity index is 2.14. The van der Waals surface area contributed by atoms with Crippen LogP contribution < -0.4 is 4.72 Å². The van der Waals surface area contributed by atoms with Gasteiger partial charge in [-0.1, -0.05) is 35.4 Å². The summed E-state index contributed by atoms with van der Waals surface area (Å²) in [5.74, 6) is -0.447. The molecule has 0 aliphatic heterocycles. The van der Waals surface area contributed by atoms with E-state index in [1.165, 1.54) is 24.3 Å². The molecule has 136 valence electrons. The van der Waals surface area contributed by atoms with Crippen LogP contribution in [0.1, 0.15) is 11.1 Å². The second-order valence-electron chi connectivity index (χ2n) is 5.65. The lowest BCUT2D eigenvalue weighted by molar-refractivity contribution is -0.145. The topological polar surface area (TPSA) is 46.2 Å².